The number of hydrogen-bond donors (Lipinski definition) is 1. The molecule has 120 valence electrons. The molecule has 0 spiro atoms. The summed E-state index contributed by atoms with van der Waals surface area (Å²) in [6.07, 6.45) is -1.04. The second kappa shape index (κ2) is 7.05. The van der Waals surface area contributed by atoms with Gasteiger partial charge in [0.15, 0.2) is 6.10 Å². The number of ether oxygens (including phenoxy) is 1. The van der Waals surface area contributed by atoms with Crippen LogP contribution in [0.1, 0.15) is 28.4 Å². The van der Waals surface area contributed by atoms with Crippen molar-refractivity contribution in [2.45, 2.75) is 26.9 Å². The molecule has 2 aromatic rings. The van der Waals surface area contributed by atoms with Crippen molar-refractivity contribution >= 4 is 17.6 Å². The Morgan fingerprint density at radius 2 is 1.78 bits per heavy atom. The molecule has 4 nitrogen and oxygen atoms in total. The molecule has 0 unspecified atom stereocenters. The molecule has 0 saturated heterocycles. The number of rotatable bonds is 4. The van der Waals surface area contributed by atoms with Gasteiger partial charge in [-0.05, 0) is 50.1 Å². The number of aryl methyl sites for hydroxylation is 1. The van der Waals surface area contributed by atoms with Crippen LogP contribution in [0.5, 0.6) is 0 Å². The van der Waals surface area contributed by atoms with Crippen LogP contribution in [0, 0.1) is 19.7 Å². The van der Waals surface area contributed by atoms with E-state index in [9.17, 15) is 14.0 Å². The van der Waals surface area contributed by atoms with Gasteiger partial charge in [0, 0.05) is 5.69 Å². The summed E-state index contributed by atoms with van der Waals surface area (Å²) in [7, 11) is 0. The van der Waals surface area contributed by atoms with Crippen molar-refractivity contribution < 1.29 is 18.7 Å². The zero-order valence-corrected chi connectivity index (χ0v) is 13.2. The van der Waals surface area contributed by atoms with E-state index in [2.05, 4.69) is 5.32 Å². The number of carbonyl (C=O) groups excluding carboxylic acids is 2. The molecule has 0 saturated carbocycles. The van der Waals surface area contributed by atoms with Crippen LogP contribution in [0.3, 0.4) is 0 Å². The second-order valence-electron chi connectivity index (χ2n) is 5.26. The minimum Gasteiger partial charge on any atom is -0.449 e. The van der Waals surface area contributed by atoms with Gasteiger partial charge in [-0.3, -0.25) is 4.79 Å². The molecule has 0 aliphatic rings. The molecular formula is C18H18FNO3. The predicted molar refractivity (Wildman–Crippen MR) is 85.8 cm³/mol. The second-order valence-corrected chi connectivity index (χ2v) is 5.26. The van der Waals surface area contributed by atoms with Crippen molar-refractivity contribution in [3.8, 4) is 0 Å². The van der Waals surface area contributed by atoms with E-state index in [-0.39, 0.29) is 5.56 Å². The SMILES string of the molecule is Cc1cccc(NC(=O)[C@@H](C)OC(=O)c2ccccc2F)c1C. The molecule has 2 rings (SSSR count). The number of halogens is 1. The third kappa shape index (κ3) is 3.94. The Balaban J connectivity index is 2.04. The molecule has 5 heteroatoms. The molecular weight excluding hydrogens is 297 g/mol. The molecule has 0 aliphatic carbocycles. The molecule has 1 atom stereocenters. The van der Waals surface area contributed by atoms with Crippen molar-refractivity contribution in [1.82, 2.24) is 0 Å². The summed E-state index contributed by atoms with van der Waals surface area (Å²) in [5, 5.41) is 2.71. The lowest BCUT2D eigenvalue weighted by Gasteiger charge is -2.15. The summed E-state index contributed by atoms with van der Waals surface area (Å²) < 4.78 is 18.6. The lowest BCUT2D eigenvalue weighted by atomic mass is 10.1. The summed E-state index contributed by atoms with van der Waals surface area (Å²) in [5.41, 5.74) is 2.44. The smallest absolute Gasteiger partial charge is 0.341 e. The van der Waals surface area contributed by atoms with Crippen molar-refractivity contribution in [2.24, 2.45) is 0 Å². The summed E-state index contributed by atoms with van der Waals surface area (Å²) >= 11 is 0. The zero-order valence-electron chi connectivity index (χ0n) is 13.2. The predicted octanol–water partition coefficient (Wildman–Crippen LogP) is 3.63. The van der Waals surface area contributed by atoms with E-state index >= 15 is 0 Å². The highest BCUT2D eigenvalue weighted by molar-refractivity contribution is 5.97. The van der Waals surface area contributed by atoms with Crippen molar-refractivity contribution in [1.29, 1.82) is 0 Å². The topological polar surface area (TPSA) is 55.4 Å². The standard InChI is InChI=1S/C18H18FNO3/c1-11-7-6-10-16(12(11)2)20-17(21)13(3)23-18(22)14-8-4-5-9-15(14)19/h4-10,13H,1-3H3,(H,20,21)/t13-/m1/s1. The molecule has 1 amide bonds. The highest BCUT2D eigenvalue weighted by atomic mass is 19.1. The van der Waals surface area contributed by atoms with Crippen LogP contribution in [0.25, 0.3) is 0 Å². The van der Waals surface area contributed by atoms with E-state index in [1.807, 2.05) is 26.0 Å². The van der Waals surface area contributed by atoms with Crippen LogP contribution in [-0.2, 0) is 9.53 Å². The van der Waals surface area contributed by atoms with Crippen LogP contribution in [0.15, 0.2) is 42.5 Å². The van der Waals surface area contributed by atoms with Gasteiger partial charge in [-0.25, -0.2) is 9.18 Å². The van der Waals surface area contributed by atoms with Crippen LogP contribution in [0.4, 0.5) is 10.1 Å². The van der Waals surface area contributed by atoms with Gasteiger partial charge in [0.2, 0.25) is 0 Å². The molecule has 1 N–H and O–H groups in total. The third-order valence-electron chi connectivity index (χ3n) is 3.61. The van der Waals surface area contributed by atoms with Crippen LogP contribution in [0.2, 0.25) is 0 Å². The first-order valence-electron chi connectivity index (χ1n) is 7.22. The Bertz CT molecular complexity index is 743. The lowest BCUT2D eigenvalue weighted by molar-refractivity contribution is -0.123. The van der Waals surface area contributed by atoms with Crippen molar-refractivity contribution in [3.05, 3.63) is 65.0 Å². The molecule has 0 bridgehead atoms. The van der Waals surface area contributed by atoms with Gasteiger partial charge in [0.05, 0.1) is 5.56 Å². The molecule has 23 heavy (non-hydrogen) atoms. The lowest BCUT2D eigenvalue weighted by Crippen LogP contribution is -2.30. The molecule has 0 fully saturated rings. The largest absolute Gasteiger partial charge is 0.449 e. The number of anilines is 1. The normalized spacial score (nSPS) is 11.7. The Kier molecular flexibility index (Phi) is 5.11. The fourth-order valence-corrected chi connectivity index (χ4v) is 2.03. The quantitative estimate of drug-likeness (QED) is 0.877. The minimum absolute atomic E-state index is 0.195. The van der Waals surface area contributed by atoms with E-state index in [1.54, 1.807) is 6.07 Å². The average molecular weight is 315 g/mol. The maximum atomic E-state index is 13.5. The molecule has 2 aromatic carbocycles. The molecule has 0 radical (unpaired) electrons. The van der Waals surface area contributed by atoms with E-state index < -0.39 is 23.8 Å². The Labute approximate surface area is 134 Å². The van der Waals surface area contributed by atoms with Crippen LogP contribution < -0.4 is 5.32 Å². The van der Waals surface area contributed by atoms with Gasteiger partial charge >= 0.3 is 5.97 Å². The molecule has 0 heterocycles. The Morgan fingerprint density at radius 1 is 1.09 bits per heavy atom. The summed E-state index contributed by atoms with van der Waals surface area (Å²) in [5.74, 6) is -2.02. The van der Waals surface area contributed by atoms with E-state index in [1.165, 1.54) is 25.1 Å². The third-order valence-corrected chi connectivity index (χ3v) is 3.61. The molecule has 0 aromatic heterocycles. The number of benzene rings is 2. The number of hydrogen-bond acceptors (Lipinski definition) is 3. The first-order valence-corrected chi connectivity index (χ1v) is 7.22. The van der Waals surface area contributed by atoms with Crippen LogP contribution >= 0.6 is 0 Å². The Morgan fingerprint density at radius 3 is 2.48 bits per heavy atom. The molecule has 0 aliphatic heterocycles. The summed E-state index contributed by atoms with van der Waals surface area (Å²) in [4.78, 5) is 24.1. The van der Waals surface area contributed by atoms with Crippen LogP contribution in [-0.4, -0.2) is 18.0 Å². The van der Waals surface area contributed by atoms with E-state index in [0.29, 0.717) is 5.69 Å². The zero-order chi connectivity index (χ0) is 17.0. The number of amides is 1. The fraction of sp³-hybridized carbons (Fsp3) is 0.222. The first kappa shape index (κ1) is 16.7. The van der Waals surface area contributed by atoms with Crippen molar-refractivity contribution in [2.75, 3.05) is 5.32 Å². The fourth-order valence-electron chi connectivity index (χ4n) is 2.03. The van der Waals surface area contributed by atoms with E-state index in [4.69, 9.17) is 4.74 Å². The number of carbonyl (C=O) groups is 2. The van der Waals surface area contributed by atoms with Gasteiger partial charge in [0.1, 0.15) is 5.82 Å². The first-order chi connectivity index (χ1) is 10.9. The summed E-state index contributed by atoms with van der Waals surface area (Å²) in [6.45, 7) is 5.27. The monoisotopic (exact) mass is 315 g/mol. The average Bonchev–Trinajstić information content (AvgIpc) is 2.52. The highest BCUT2D eigenvalue weighted by Crippen LogP contribution is 2.18. The maximum Gasteiger partial charge on any atom is 0.341 e. The van der Waals surface area contributed by atoms with Gasteiger partial charge in [0.25, 0.3) is 5.91 Å². The minimum atomic E-state index is -1.04. The number of esters is 1. The summed E-state index contributed by atoms with van der Waals surface area (Å²) in [6, 6.07) is 11.0. The van der Waals surface area contributed by atoms with Gasteiger partial charge in [-0.2, -0.15) is 0 Å². The maximum absolute atomic E-state index is 13.5. The highest BCUT2D eigenvalue weighted by Gasteiger charge is 2.21. The van der Waals surface area contributed by atoms with Gasteiger partial charge < -0.3 is 10.1 Å². The number of nitrogens with one attached hydrogen (secondary N) is 1. The Hall–Kier alpha value is -2.69. The van der Waals surface area contributed by atoms with E-state index in [0.717, 1.165) is 17.2 Å². The van der Waals surface area contributed by atoms with Gasteiger partial charge in [-0.15, -0.1) is 0 Å². The van der Waals surface area contributed by atoms with Gasteiger partial charge in [-0.1, -0.05) is 24.3 Å². The van der Waals surface area contributed by atoms with Crippen molar-refractivity contribution in [3.63, 3.8) is 0 Å².